The third kappa shape index (κ3) is 6.86. The highest BCUT2D eigenvalue weighted by Gasteiger charge is 2.19. The monoisotopic (exact) mass is 468 g/mol. The normalized spacial score (nSPS) is 12.0. The molecular weight excluding hydrogens is 432 g/mol. The van der Waals surface area contributed by atoms with Crippen LogP contribution in [0.15, 0.2) is 18.2 Å². The van der Waals surface area contributed by atoms with Crippen molar-refractivity contribution in [2.24, 2.45) is 0 Å². The van der Waals surface area contributed by atoms with Crippen molar-refractivity contribution in [2.75, 3.05) is 31.9 Å². The van der Waals surface area contributed by atoms with Crippen molar-refractivity contribution in [1.29, 1.82) is 0 Å². The van der Waals surface area contributed by atoms with Crippen LogP contribution in [0, 0.1) is 0 Å². The van der Waals surface area contributed by atoms with Crippen molar-refractivity contribution < 1.29 is 9.47 Å². The van der Waals surface area contributed by atoms with Gasteiger partial charge in [-0.15, -0.1) is 10.2 Å². The van der Waals surface area contributed by atoms with Crippen LogP contribution in [0.5, 0.6) is 5.75 Å². The molecule has 34 heavy (non-hydrogen) atoms. The van der Waals surface area contributed by atoms with E-state index >= 15 is 0 Å². The maximum Gasteiger partial charge on any atom is 0.222 e. The first-order valence-corrected chi connectivity index (χ1v) is 11.9. The zero-order chi connectivity index (χ0) is 24.3. The largest absolute Gasteiger partial charge is 0.496 e. The minimum absolute atomic E-state index is 0.235. The van der Waals surface area contributed by atoms with Crippen LogP contribution in [0.1, 0.15) is 67.7 Å². The quantitative estimate of drug-likeness (QED) is 0.325. The number of rotatable bonds is 14. The van der Waals surface area contributed by atoms with Gasteiger partial charge in [0.1, 0.15) is 11.6 Å². The van der Waals surface area contributed by atoms with Crippen molar-refractivity contribution in [1.82, 2.24) is 30.6 Å². The van der Waals surface area contributed by atoms with E-state index in [1.165, 1.54) is 0 Å². The van der Waals surface area contributed by atoms with Crippen LogP contribution in [0.25, 0.3) is 0 Å². The van der Waals surface area contributed by atoms with Gasteiger partial charge in [-0.1, -0.05) is 44.0 Å². The van der Waals surface area contributed by atoms with Gasteiger partial charge in [0.15, 0.2) is 5.82 Å². The van der Waals surface area contributed by atoms with Crippen molar-refractivity contribution in [3.8, 4) is 5.75 Å². The van der Waals surface area contributed by atoms with E-state index in [1.54, 1.807) is 14.2 Å². The van der Waals surface area contributed by atoms with Gasteiger partial charge >= 0.3 is 0 Å². The van der Waals surface area contributed by atoms with Gasteiger partial charge in [0.05, 0.1) is 12.8 Å². The maximum absolute atomic E-state index is 6.12. The van der Waals surface area contributed by atoms with Gasteiger partial charge in [0.25, 0.3) is 0 Å². The average molecular weight is 469 g/mol. The number of aryl methyl sites for hydroxylation is 1. The van der Waals surface area contributed by atoms with Crippen LogP contribution in [-0.4, -0.2) is 57.5 Å². The number of hydrogen-bond acceptors (Lipinski definition) is 9. The summed E-state index contributed by atoms with van der Waals surface area (Å²) >= 11 is 0. The Morgan fingerprint density at radius 1 is 1.09 bits per heavy atom. The average Bonchev–Trinajstić information content (AvgIpc) is 3.33. The van der Waals surface area contributed by atoms with E-state index in [9.17, 15) is 0 Å². The molecule has 0 aliphatic heterocycles. The standard InChI is InChI=1S/C24H36N8O2/c1-5-7-18(11-12-33-3)26-23-19(20(8-6-2)27-24(25)28-23)15-17-13-16(9-10-21(17)34-4)14-22-29-31-32-30-22/h9-10,13,18H,5-8,11-12,14-15H2,1-4H3,(H3,25,26,27,28)(H,29,30,31,32)/t18-/m0/s1. The smallest absolute Gasteiger partial charge is 0.222 e. The molecule has 0 amide bonds. The summed E-state index contributed by atoms with van der Waals surface area (Å²) in [4.78, 5) is 9.23. The molecule has 0 saturated carbocycles. The van der Waals surface area contributed by atoms with Crippen molar-refractivity contribution in [3.05, 3.63) is 46.4 Å². The van der Waals surface area contributed by atoms with Gasteiger partial charge < -0.3 is 20.5 Å². The van der Waals surface area contributed by atoms with Crippen LogP contribution in [0.3, 0.4) is 0 Å². The number of benzene rings is 1. The number of nitrogen functional groups attached to an aromatic ring is 1. The number of aromatic amines is 1. The lowest BCUT2D eigenvalue weighted by Gasteiger charge is -2.22. The number of tetrazole rings is 1. The summed E-state index contributed by atoms with van der Waals surface area (Å²) in [6, 6.07) is 6.36. The molecule has 0 radical (unpaired) electrons. The Bertz CT molecular complexity index is 1030. The zero-order valence-electron chi connectivity index (χ0n) is 20.6. The molecule has 2 heterocycles. The first-order valence-electron chi connectivity index (χ1n) is 11.9. The third-order valence-electron chi connectivity index (χ3n) is 5.71. The molecule has 2 aromatic heterocycles. The molecule has 4 N–H and O–H groups in total. The highest BCUT2D eigenvalue weighted by Crippen LogP contribution is 2.29. The van der Waals surface area contributed by atoms with Gasteiger partial charge in [0.2, 0.25) is 5.95 Å². The molecule has 184 valence electrons. The fourth-order valence-electron chi connectivity index (χ4n) is 4.10. The summed E-state index contributed by atoms with van der Waals surface area (Å²) in [5.74, 6) is 2.53. The predicted octanol–water partition coefficient (Wildman–Crippen LogP) is 3.33. The van der Waals surface area contributed by atoms with Gasteiger partial charge in [-0.05, 0) is 36.5 Å². The molecule has 0 aliphatic rings. The Hall–Kier alpha value is -3.27. The molecule has 0 saturated heterocycles. The van der Waals surface area contributed by atoms with E-state index in [1.807, 2.05) is 12.1 Å². The molecule has 1 atom stereocenters. The Labute approximate surface area is 201 Å². The van der Waals surface area contributed by atoms with Crippen LogP contribution >= 0.6 is 0 Å². The first kappa shape index (κ1) is 25.4. The van der Waals surface area contributed by atoms with Crippen molar-refractivity contribution >= 4 is 11.8 Å². The summed E-state index contributed by atoms with van der Waals surface area (Å²) in [6.45, 7) is 5.00. The summed E-state index contributed by atoms with van der Waals surface area (Å²) in [5.41, 5.74) is 10.2. The number of methoxy groups -OCH3 is 2. The second-order valence-electron chi connectivity index (χ2n) is 8.34. The molecule has 10 nitrogen and oxygen atoms in total. The van der Waals surface area contributed by atoms with Gasteiger partial charge in [-0.2, -0.15) is 10.2 Å². The molecule has 3 aromatic rings. The Balaban J connectivity index is 1.98. The summed E-state index contributed by atoms with van der Waals surface area (Å²) in [5, 5.41) is 17.9. The molecule has 1 aromatic carbocycles. The van der Waals surface area contributed by atoms with Gasteiger partial charge in [-0.25, -0.2) is 4.98 Å². The van der Waals surface area contributed by atoms with E-state index < -0.39 is 0 Å². The topological polar surface area (TPSA) is 137 Å². The number of nitrogens with two attached hydrogens (primary N) is 1. The molecule has 0 unspecified atom stereocenters. The molecule has 0 aliphatic carbocycles. The number of aromatic nitrogens is 6. The molecule has 10 heteroatoms. The van der Waals surface area contributed by atoms with Crippen molar-refractivity contribution in [3.63, 3.8) is 0 Å². The number of H-pyrrole nitrogens is 1. The maximum atomic E-state index is 6.12. The minimum Gasteiger partial charge on any atom is -0.496 e. The Kier molecular flexibility index (Phi) is 9.57. The summed E-state index contributed by atoms with van der Waals surface area (Å²) < 4.78 is 11.0. The van der Waals surface area contributed by atoms with E-state index in [-0.39, 0.29) is 12.0 Å². The fraction of sp³-hybridized carbons (Fsp3) is 0.542. The van der Waals surface area contributed by atoms with E-state index in [2.05, 4.69) is 55.8 Å². The third-order valence-corrected chi connectivity index (χ3v) is 5.71. The second kappa shape index (κ2) is 12.8. The molecule has 0 spiro atoms. The highest BCUT2D eigenvalue weighted by atomic mass is 16.5. The number of hydrogen-bond donors (Lipinski definition) is 3. The Morgan fingerprint density at radius 3 is 2.62 bits per heavy atom. The zero-order valence-corrected chi connectivity index (χ0v) is 20.6. The van der Waals surface area contributed by atoms with Crippen LogP contribution in [-0.2, 0) is 24.0 Å². The number of anilines is 2. The van der Waals surface area contributed by atoms with Crippen molar-refractivity contribution in [2.45, 2.75) is 64.8 Å². The molecule has 3 rings (SSSR count). The minimum atomic E-state index is 0.235. The van der Waals surface area contributed by atoms with E-state index in [4.69, 9.17) is 15.2 Å². The highest BCUT2D eigenvalue weighted by molar-refractivity contribution is 5.54. The predicted molar refractivity (Wildman–Crippen MR) is 132 cm³/mol. The Morgan fingerprint density at radius 2 is 1.94 bits per heavy atom. The van der Waals surface area contributed by atoms with Crippen LogP contribution in [0.2, 0.25) is 0 Å². The second-order valence-corrected chi connectivity index (χ2v) is 8.34. The van der Waals surface area contributed by atoms with E-state index in [0.717, 1.165) is 66.1 Å². The molecular formula is C24H36N8O2. The SMILES string of the molecule is CCCc1nc(N)nc(N[C@@H](CCC)CCOC)c1Cc1cc(Cc2nn[nH]n2)ccc1OC. The molecule has 0 bridgehead atoms. The van der Waals surface area contributed by atoms with Gasteiger partial charge in [-0.3, -0.25) is 0 Å². The van der Waals surface area contributed by atoms with E-state index in [0.29, 0.717) is 25.3 Å². The lowest BCUT2D eigenvalue weighted by Crippen LogP contribution is -2.24. The van der Waals surface area contributed by atoms with Gasteiger partial charge in [0, 0.05) is 38.2 Å². The number of ether oxygens (including phenoxy) is 2. The fourth-order valence-corrected chi connectivity index (χ4v) is 4.10. The first-order chi connectivity index (χ1) is 16.6. The lowest BCUT2D eigenvalue weighted by atomic mass is 9.97. The van der Waals surface area contributed by atoms with Crippen LogP contribution < -0.4 is 15.8 Å². The lowest BCUT2D eigenvalue weighted by molar-refractivity contribution is 0.188. The summed E-state index contributed by atoms with van der Waals surface area (Å²) in [7, 11) is 3.41. The number of nitrogens with zero attached hydrogens (tertiary/aromatic N) is 5. The summed E-state index contributed by atoms with van der Waals surface area (Å²) in [6.07, 6.45) is 5.93. The van der Waals surface area contributed by atoms with Crippen LogP contribution in [0.4, 0.5) is 11.8 Å². The molecule has 0 fully saturated rings. The number of nitrogens with one attached hydrogen (secondary N) is 2.